The first-order valence-electron chi connectivity index (χ1n) is 4.96. The van der Waals surface area contributed by atoms with Gasteiger partial charge in [-0.05, 0) is 11.8 Å². The Hall–Kier alpha value is -1.23. The third-order valence-electron chi connectivity index (χ3n) is 3.49. The van der Waals surface area contributed by atoms with E-state index in [-0.39, 0.29) is 0 Å². The Bertz CT molecular complexity index is 340. The minimum absolute atomic E-state index is 0.431. The Balaban J connectivity index is 1.85. The molecular formula is C9H15N5. The van der Waals surface area contributed by atoms with Gasteiger partial charge in [0.1, 0.15) is 5.82 Å². The van der Waals surface area contributed by atoms with E-state index in [4.69, 9.17) is 11.5 Å². The van der Waals surface area contributed by atoms with Crippen molar-refractivity contribution >= 4 is 11.5 Å². The Kier molecular flexibility index (Phi) is 1.40. The molecule has 5 nitrogen and oxygen atoms in total. The lowest BCUT2D eigenvalue weighted by molar-refractivity contribution is 0.688. The molecule has 1 aromatic heterocycles. The summed E-state index contributed by atoms with van der Waals surface area (Å²) in [5.41, 5.74) is 12.5. The van der Waals surface area contributed by atoms with Gasteiger partial charge < -0.3 is 16.4 Å². The van der Waals surface area contributed by atoms with Crippen LogP contribution < -0.4 is 16.4 Å². The fraction of sp³-hybridized carbons (Fsp3) is 0.667. The van der Waals surface area contributed by atoms with Crippen LogP contribution in [0.1, 0.15) is 0 Å². The topological polar surface area (TPSA) is 73.1 Å². The SMILES string of the molecule is Cn1ncc(N)c1N1CC2C(N)C2C1. The summed E-state index contributed by atoms with van der Waals surface area (Å²) < 4.78 is 1.84. The highest BCUT2D eigenvalue weighted by Gasteiger charge is 2.54. The van der Waals surface area contributed by atoms with Crippen molar-refractivity contribution < 1.29 is 0 Å². The van der Waals surface area contributed by atoms with Crippen molar-refractivity contribution in [2.75, 3.05) is 23.7 Å². The Morgan fingerprint density at radius 3 is 2.57 bits per heavy atom. The van der Waals surface area contributed by atoms with Crippen LogP contribution in [-0.2, 0) is 7.05 Å². The molecule has 0 spiro atoms. The first-order chi connectivity index (χ1) is 6.68. The standard InChI is InChI=1S/C9H15N5/c1-13-9(7(10)2-12-13)14-3-5-6(4-14)8(5)11/h2,5-6,8H,3-4,10-11H2,1H3. The Morgan fingerprint density at radius 1 is 1.43 bits per heavy atom. The van der Waals surface area contributed by atoms with Crippen LogP contribution in [0, 0.1) is 11.8 Å². The van der Waals surface area contributed by atoms with Gasteiger partial charge in [-0.1, -0.05) is 0 Å². The molecule has 1 saturated heterocycles. The number of hydrogen-bond donors (Lipinski definition) is 2. The molecule has 3 rings (SSSR count). The number of nitrogen functional groups attached to an aromatic ring is 1. The van der Waals surface area contributed by atoms with Crippen LogP contribution >= 0.6 is 0 Å². The lowest BCUT2D eigenvalue weighted by Crippen LogP contribution is -2.30. The third kappa shape index (κ3) is 0.901. The van der Waals surface area contributed by atoms with Gasteiger partial charge in [0, 0.05) is 26.2 Å². The largest absolute Gasteiger partial charge is 0.394 e. The summed E-state index contributed by atoms with van der Waals surface area (Å²) >= 11 is 0. The Morgan fingerprint density at radius 2 is 2.07 bits per heavy atom. The molecule has 0 aromatic carbocycles. The first kappa shape index (κ1) is 8.11. The predicted molar refractivity (Wildman–Crippen MR) is 54.8 cm³/mol. The molecule has 0 radical (unpaired) electrons. The van der Waals surface area contributed by atoms with Gasteiger partial charge >= 0.3 is 0 Å². The first-order valence-corrected chi connectivity index (χ1v) is 4.96. The van der Waals surface area contributed by atoms with Crippen molar-refractivity contribution in [2.24, 2.45) is 24.6 Å². The van der Waals surface area contributed by atoms with Crippen LogP contribution in [-0.4, -0.2) is 28.9 Å². The van der Waals surface area contributed by atoms with Crippen molar-refractivity contribution in [2.45, 2.75) is 6.04 Å². The maximum atomic E-state index is 5.88. The molecule has 0 amide bonds. The molecule has 4 N–H and O–H groups in total. The molecule has 1 aliphatic heterocycles. The summed E-state index contributed by atoms with van der Waals surface area (Å²) in [6, 6.07) is 0.431. The lowest BCUT2D eigenvalue weighted by Gasteiger charge is -2.21. The van der Waals surface area contributed by atoms with E-state index >= 15 is 0 Å². The molecule has 2 fully saturated rings. The van der Waals surface area contributed by atoms with Crippen LogP contribution in [0.2, 0.25) is 0 Å². The zero-order valence-corrected chi connectivity index (χ0v) is 8.22. The maximum Gasteiger partial charge on any atom is 0.150 e. The van der Waals surface area contributed by atoms with Crippen molar-refractivity contribution in [3.05, 3.63) is 6.20 Å². The summed E-state index contributed by atoms with van der Waals surface area (Å²) in [5, 5.41) is 4.14. The highest BCUT2D eigenvalue weighted by molar-refractivity contribution is 5.63. The van der Waals surface area contributed by atoms with Crippen molar-refractivity contribution in [1.29, 1.82) is 0 Å². The molecule has 1 aromatic rings. The van der Waals surface area contributed by atoms with Crippen LogP contribution in [0.25, 0.3) is 0 Å². The van der Waals surface area contributed by atoms with Gasteiger partial charge in [0.25, 0.3) is 0 Å². The average molecular weight is 193 g/mol. The highest BCUT2D eigenvalue weighted by atomic mass is 15.4. The van der Waals surface area contributed by atoms with E-state index in [2.05, 4.69) is 10.00 Å². The zero-order valence-electron chi connectivity index (χ0n) is 8.22. The molecule has 2 aliphatic rings. The van der Waals surface area contributed by atoms with E-state index < -0.39 is 0 Å². The molecule has 2 heterocycles. The second kappa shape index (κ2) is 2.42. The molecule has 76 valence electrons. The number of nitrogens with two attached hydrogens (primary N) is 2. The fourth-order valence-corrected chi connectivity index (χ4v) is 2.58. The number of fused-ring (bicyclic) bond motifs is 1. The monoisotopic (exact) mass is 193 g/mol. The molecule has 1 aliphatic carbocycles. The van der Waals surface area contributed by atoms with Gasteiger partial charge in [-0.3, -0.25) is 4.68 Å². The molecule has 0 bridgehead atoms. The minimum atomic E-state index is 0.431. The molecule has 14 heavy (non-hydrogen) atoms. The van der Waals surface area contributed by atoms with E-state index in [1.165, 1.54) is 0 Å². The summed E-state index contributed by atoms with van der Waals surface area (Å²) in [4.78, 5) is 2.29. The molecule has 2 unspecified atom stereocenters. The fourth-order valence-electron chi connectivity index (χ4n) is 2.58. The van der Waals surface area contributed by atoms with Crippen LogP contribution in [0.15, 0.2) is 6.20 Å². The maximum absolute atomic E-state index is 5.88. The number of aromatic nitrogens is 2. The van der Waals surface area contributed by atoms with Gasteiger partial charge in [0.2, 0.25) is 0 Å². The van der Waals surface area contributed by atoms with E-state index in [1.54, 1.807) is 6.20 Å². The van der Waals surface area contributed by atoms with Crippen molar-refractivity contribution in [1.82, 2.24) is 9.78 Å². The normalized spacial score (nSPS) is 34.7. The quantitative estimate of drug-likeness (QED) is 0.624. The van der Waals surface area contributed by atoms with Crippen LogP contribution in [0.3, 0.4) is 0 Å². The van der Waals surface area contributed by atoms with Crippen LogP contribution in [0.5, 0.6) is 0 Å². The van der Waals surface area contributed by atoms with Crippen molar-refractivity contribution in [3.63, 3.8) is 0 Å². The third-order valence-corrected chi connectivity index (χ3v) is 3.49. The molecular weight excluding hydrogens is 178 g/mol. The second-order valence-corrected chi connectivity index (χ2v) is 4.36. The smallest absolute Gasteiger partial charge is 0.150 e. The number of piperidine rings is 1. The lowest BCUT2D eigenvalue weighted by atomic mass is 10.3. The van der Waals surface area contributed by atoms with Gasteiger partial charge in [0.15, 0.2) is 0 Å². The van der Waals surface area contributed by atoms with Gasteiger partial charge in [-0.25, -0.2) is 0 Å². The van der Waals surface area contributed by atoms with Crippen molar-refractivity contribution in [3.8, 4) is 0 Å². The number of hydrogen-bond acceptors (Lipinski definition) is 4. The molecule has 5 heteroatoms. The summed E-state index contributed by atoms with van der Waals surface area (Å²) in [7, 11) is 1.93. The van der Waals surface area contributed by atoms with E-state index in [1.807, 2.05) is 11.7 Å². The second-order valence-electron chi connectivity index (χ2n) is 4.36. The highest BCUT2D eigenvalue weighted by Crippen LogP contribution is 2.45. The van der Waals surface area contributed by atoms with Gasteiger partial charge in [0.05, 0.1) is 11.9 Å². The summed E-state index contributed by atoms with van der Waals surface area (Å²) in [6.45, 7) is 2.07. The summed E-state index contributed by atoms with van der Waals surface area (Å²) in [5.74, 6) is 2.41. The minimum Gasteiger partial charge on any atom is -0.394 e. The van der Waals surface area contributed by atoms with Crippen LogP contribution in [0.4, 0.5) is 11.5 Å². The van der Waals surface area contributed by atoms with Gasteiger partial charge in [-0.2, -0.15) is 5.10 Å². The molecule has 2 atom stereocenters. The average Bonchev–Trinajstić information content (AvgIpc) is 2.56. The number of rotatable bonds is 1. The zero-order chi connectivity index (χ0) is 9.87. The predicted octanol–water partition coefficient (Wildman–Crippen LogP) is -0.604. The number of anilines is 2. The van der Waals surface area contributed by atoms with Gasteiger partial charge in [-0.15, -0.1) is 0 Å². The molecule has 1 saturated carbocycles. The number of nitrogens with zero attached hydrogens (tertiary/aromatic N) is 3. The van der Waals surface area contributed by atoms with E-state index in [0.29, 0.717) is 17.9 Å². The summed E-state index contributed by atoms with van der Waals surface area (Å²) in [6.07, 6.45) is 1.71. The Labute approximate surface area is 82.7 Å². The van der Waals surface area contributed by atoms with E-state index in [9.17, 15) is 0 Å². The van der Waals surface area contributed by atoms with E-state index in [0.717, 1.165) is 24.6 Å². The number of aryl methyl sites for hydroxylation is 1.